The minimum absolute atomic E-state index is 0.423. The minimum Gasteiger partial charge on any atom is -0.303 e. The smallest absolute Gasteiger partial charge is 0.125 e. The SMILES string of the molecule is O=CCc1ccsc1CC=O. The van der Waals surface area contributed by atoms with E-state index < -0.39 is 0 Å². The van der Waals surface area contributed by atoms with Crippen LogP contribution in [0.2, 0.25) is 0 Å². The van der Waals surface area contributed by atoms with Crippen molar-refractivity contribution in [3.8, 4) is 0 Å². The van der Waals surface area contributed by atoms with Crippen LogP contribution in [0.25, 0.3) is 0 Å². The lowest BCUT2D eigenvalue weighted by Crippen LogP contribution is -1.89. The molecule has 0 aliphatic rings. The summed E-state index contributed by atoms with van der Waals surface area (Å²) in [6.07, 6.45) is 2.57. The van der Waals surface area contributed by atoms with E-state index in [2.05, 4.69) is 0 Å². The Kier molecular flexibility index (Phi) is 2.98. The predicted molar refractivity (Wildman–Crippen MR) is 43.9 cm³/mol. The number of carbonyl (C=O) groups is 2. The predicted octanol–water partition coefficient (Wildman–Crippen LogP) is 1.23. The molecule has 0 atom stereocenters. The molecule has 1 aromatic rings. The molecule has 0 aromatic carbocycles. The number of carbonyl (C=O) groups excluding carboxylic acids is 2. The van der Waals surface area contributed by atoms with Crippen LogP contribution in [0, 0.1) is 0 Å². The molecule has 2 nitrogen and oxygen atoms in total. The second-order valence-electron chi connectivity index (χ2n) is 2.11. The van der Waals surface area contributed by atoms with Gasteiger partial charge in [0.1, 0.15) is 12.6 Å². The summed E-state index contributed by atoms with van der Waals surface area (Å²) in [7, 11) is 0. The largest absolute Gasteiger partial charge is 0.303 e. The number of hydrogen-bond donors (Lipinski definition) is 0. The third-order valence-corrected chi connectivity index (χ3v) is 2.40. The van der Waals surface area contributed by atoms with Crippen LogP contribution >= 0.6 is 11.3 Å². The third-order valence-electron chi connectivity index (χ3n) is 1.41. The van der Waals surface area contributed by atoms with Crippen molar-refractivity contribution in [3.05, 3.63) is 21.9 Å². The molecular weight excluding hydrogens is 160 g/mol. The normalized spacial score (nSPS) is 9.45. The van der Waals surface area contributed by atoms with Gasteiger partial charge in [0, 0.05) is 17.7 Å². The monoisotopic (exact) mass is 168 g/mol. The van der Waals surface area contributed by atoms with Crippen molar-refractivity contribution in [1.29, 1.82) is 0 Å². The minimum atomic E-state index is 0.423. The molecule has 0 saturated carbocycles. The van der Waals surface area contributed by atoms with Crippen LogP contribution in [-0.2, 0) is 22.4 Å². The summed E-state index contributed by atoms with van der Waals surface area (Å²) in [5, 5.41) is 1.90. The Balaban J connectivity index is 2.76. The van der Waals surface area contributed by atoms with Crippen LogP contribution in [0.3, 0.4) is 0 Å². The lowest BCUT2D eigenvalue weighted by Gasteiger charge is -1.92. The molecule has 1 heterocycles. The van der Waals surface area contributed by atoms with Crippen LogP contribution in [0.5, 0.6) is 0 Å². The Labute approximate surface area is 68.9 Å². The zero-order valence-electron chi connectivity index (χ0n) is 5.95. The summed E-state index contributed by atoms with van der Waals surface area (Å²) >= 11 is 1.52. The Bertz CT molecular complexity index is 228. The van der Waals surface area contributed by atoms with Gasteiger partial charge in [-0.05, 0) is 17.0 Å². The first-order valence-electron chi connectivity index (χ1n) is 3.31. The van der Waals surface area contributed by atoms with Gasteiger partial charge in [-0.25, -0.2) is 0 Å². The van der Waals surface area contributed by atoms with Gasteiger partial charge in [0.05, 0.1) is 0 Å². The van der Waals surface area contributed by atoms with E-state index in [9.17, 15) is 9.59 Å². The highest BCUT2D eigenvalue weighted by atomic mass is 32.1. The van der Waals surface area contributed by atoms with E-state index in [0.717, 1.165) is 23.0 Å². The van der Waals surface area contributed by atoms with Gasteiger partial charge in [-0.15, -0.1) is 11.3 Å². The molecule has 0 spiro atoms. The molecule has 0 saturated heterocycles. The fourth-order valence-electron chi connectivity index (χ4n) is 0.893. The van der Waals surface area contributed by atoms with Crippen molar-refractivity contribution in [2.45, 2.75) is 12.8 Å². The maximum atomic E-state index is 10.1. The van der Waals surface area contributed by atoms with Gasteiger partial charge in [-0.2, -0.15) is 0 Å². The Morgan fingerprint density at radius 2 is 2.00 bits per heavy atom. The summed E-state index contributed by atoms with van der Waals surface area (Å²) in [5.74, 6) is 0. The number of thiophene rings is 1. The molecular formula is C8H8O2S. The van der Waals surface area contributed by atoms with Gasteiger partial charge in [-0.3, -0.25) is 0 Å². The van der Waals surface area contributed by atoms with Crippen molar-refractivity contribution in [3.63, 3.8) is 0 Å². The maximum Gasteiger partial charge on any atom is 0.125 e. The third kappa shape index (κ3) is 1.98. The second kappa shape index (κ2) is 4.03. The summed E-state index contributed by atoms with van der Waals surface area (Å²) in [6, 6.07) is 1.89. The van der Waals surface area contributed by atoms with Crippen LogP contribution in [-0.4, -0.2) is 12.6 Å². The van der Waals surface area contributed by atoms with E-state index in [0.29, 0.717) is 12.8 Å². The lowest BCUT2D eigenvalue weighted by molar-refractivity contribution is -0.108. The fourth-order valence-corrected chi connectivity index (χ4v) is 1.76. The van der Waals surface area contributed by atoms with Gasteiger partial charge < -0.3 is 9.59 Å². The first-order chi connectivity index (χ1) is 5.38. The molecule has 11 heavy (non-hydrogen) atoms. The van der Waals surface area contributed by atoms with E-state index in [1.807, 2.05) is 11.4 Å². The second-order valence-corrected chi connectivity index (χ2v) is 3.11. The molecule has 3 heteroatoms. The molecule has 1 rings (SSSR count). The summed E-state index contributed by atoms with van der Waals surface area (Å²) in [6.45, 7) is 0. The highest BCUT2D eigenvalue weighted by molar-refractivity contribution is 7.10. The fraction of sp³-hybridized carbons (Fsp3) is 0.250. The molecule has 0 aliphatic heterocycles. The van der Waals surface area contributed by atoms with Gasteiger partial charge in [0.25, 0.3) is 0 Å². The van der Waals surface area contributed by atoms with Gasteiger partial charge in [0.15, 0.2) is 0 Å². The summed E-state index contributed by atoms with van der Waals surface area (Å²) in [4.78, 5) is 21.3. The Morgan fingerprint density at radius 3 is 2.64 bits per heavy atom. The number of hydrogen-bond acceptors (Lipinski definition) is 3. The number of rotatable bonds is 4. The van der Waals surface area contributed by atoms with E-state index >= 15 is 0 Å². The van der Waals surface area contributed by atoms with Crippen LogP contribution < -0.4 is 0 Å². The summed E-state index contributed by atoms with van der Waals surface area (Å²) < 4.78 is 0. The van der Waals surface area contributed by atoms with Crippen LogP contribution in [0.1, 0.15) is 10.4 Å². The molecule has 0 bridgehead atoms. The first-order valence-corrected chi connectivity index (χ1v) is 4.19. The van der Waals surface area contributed by atoms with Gasteiger partial charge in [0.2, 0.25) is 0 Å². The molecule has 58 valence electrons. The maximum absolute atomic E-state index is 10.1. The zero-order valence-corrected chi connectivity index (χ0v) is 6.76. The molecule has 0 unspecified atom stereocenters. The van der Waals surface area contributed by atoms with E-state index in [1.54, 1.807) is 0 Å². The molecule has 0 aliphatic carbocycles. The molecule has 1 aromatic heterocycles. The van der Waals surface area contributed by atoms with Crippen molar-refractivity contribution in [1.82, 2.24) is 0 Å². The van der Waals surface area contributed by atoms with E-state index in [4.69, 9.17) is 0 Å². The quantitative estimate of drug-likeness (QED) is 0.634. The highest BCUT2D eigenvalue weighted by Gasteiger charge is 2.01. The topological polar surface area (TPSA) is 34.1 Å². The van der Waals surface area contributed by atoms with Crippen molar-refractivity contribution >= 4 is 23.9 Å². The Hall–Kier alpha value is -0.960. The Morgan fingerprint density at radius 1 is 1.27 bits per heavy atom. The zero-order chi connectivity index (χ0) is 8.10. The van der Waals surface area contributed by atoms with Gasteiger partial charge >= 0.3 is 0 Å². The molecule has 0 fully saturated rings. The molecule has 0 amide bonds. The molecule has 0 N–H and O–H groups in total. The van der Waals surface area contributed by atoms with Crippen LogP contribution in [0.4, 0.5) is 0 Å². The number of aldehydes is 2. The highest BCUT2D eigenvalue weighted by Crippen LogP contribution is 2.16. The lowest BCUT2D eigenvalue weighted by atomic mass is 10.2. The van der Waals surface area contributed by atoms with Crippen molar-refractivity contribution < 1.29 is 9.59 Å². The van der Waals surface area contributed by atoms with Crippen LogP contribution in [0.15, 0.2) is 11.4 Å². The van der Waals surface area contributed by atoms with Crippen molar-refractivity contribution in [2.24, 2.45) is 0 Å². The average molecular weight is 168 g/mol. The van der Waals surface area contributed by atoms with E-state index in [1.165, 1.54) is 11.3 Å². The molecule has 0 radical (unpaired) electrons. The van der Waals surface area contributed by atoms with E-state index in [-0.39, 0.29) is 0 Å². The standard InChI is InChI=1S/C8H8O2S/c9-4-1-7-3-6-11-8(7)2-5-10/h3-6H,1-2H2. The summed E-state index contributed by atoms with van der Waals surface area (Å²) in [5.41, 5.74) is 0.983. The van der Waals surface area contributed by atoms with Gasteiger partial charge in [-0.1, -0.05) is 0 Å². The average Bonchev–Trinajstić information content (AvgIpc) is 2.39. The first kappa shape index (κ1) is 8.14. The van der Waals surface area contributed by atoms with Crippen molar-refractivity contribution in [2.75, 3.05) is 0 Å².